The molecule has 0 bridgehead atoms. The van der Waals surface area contributed by atoms with Crippen LogP contribution in [0.15, 0.2) is 0 Å². The summed E-state index contributed by atoms with van der Waals surface area (Å²) in [6, 6.07) is 0.479. The van der Waals surface area contributed by atoms with Gasteiger partial charge in [0.25, 0.3) is 0 Å². The number of likely N-dealkylation sites (tertiary alicyclic amines) is 1. The standard InChI is InChI=1S/C15H31N3O/c1-11(2)5-6-13(4)17-15(19)10-18-8-7-12(3)14(16)9-18/h11-14H,5-10,16H2,1-4H3,(H,17,19). The average Bonchev–Trinajstić information content (AvgIpc) is 2.31. The number of piperidine rings is 1. The fourth-order valence-electron chi connectivity index (χ4n) is 2.49. The van der Waals surface area contributed by atoms with E-state index in [1.807, 2.05) is 0 Å². The van der Waals surface area contributed by atoms with Crippen molar-refractivity contribution in [3.63, 3.8) is 0 Å². The molecule has 0 aromatic carbocycles. The van der Waals surface area contributed by atoms with Gasteiger partial charge in [0.1, 0.15) is 0 Å². The number of carbonyl (C=O) groups is 1. The molecule has 1 aliphatic rings. The molecule has 0 aromatic rings. The highest BCUT2D eigenvalue weighted by atomic mass is 16.2. The fourth-order valence-corrected chi connectivity index (χ4v) is 2.49. The molecule has 0 radical (unpaired) electrons. The van der Waals surface area contributed by atoms with E-state index in [4.69, 9.17) is 5.73 Å². The second-order valence-electron chi connectivity index (χ2n) is 6.60. The molecule has 0 spiro atoms. The molecule has 3 unspecified atom stereocenters. The maximum absolute atomic E-state index is 12.0. The summed E-state index contributed by atoms with van der Waals surface area (Å²) in [5.41, 5.74) is 6.05. The molecule has 1 rings (SSSR count). The SMILES string of the molecule is CC(C)CCC(C)NC(=O)CN1CCC(C)C(N)C1. The number of nitrogens with two attached hydrogens (primary N) is 1. The predicted molar refractivity (Wildman–Crippen MR) is 79.9 cm³/mol. The molecular formula is C15H31N3O. The van der Waals surface area contributed by atoms with Crippen LogP contribution in [0.1, 0.15) is 47.0 Å². The Balaban J connectivity index is 2.23. The van der Waals surface area contributed by atoms with Gasteiger partial charge in [0.2, 0.25) is 5.91 Å². The molecule has 3 N–H and O–H groups in total. The molecule has 1 amide bonds. The van der Waals surface area contributed by atoms with Crippen LogP contribution in [0.3, 0.4) is 0 Å². The summed E-state index contributed by atoms with van der Waals surface area (Å²) >= 11 is 0. The Morgan fingerprint density at radius 3 is 2.63 bits per heavy atom. The number of carbonyl (C=O) groups excluding carboxylic acids is 1. The molecule has 1 fully saturated rings. The Labute approximate surface area is 118 Å². The third-order valence-corrected chi connectivity index (χ3v) is 4.05. The lowest BCUT2D eigenvalue weighted by Gasteiger charge is -2.34. The van der Waals surface area contributed by atoms with Crippen LogP contribution in [0, 0.1) is 11.8 Å². The van der Waals surface area contributed by atoms with Crippen LogP contribution >= 0.6 is 0 Å². The zero-order chi connectivity index (χ0) is 14.4. The van der Waals surface area contributed by atoms with E-state index >= 15 is 0 Å². The van der Waals surface area contributed by atoms with E-state index in [-0.39, 0.29) is 18.0 Å². The van der Waals surface area contributed by atoms with Crippen LogP contribution in [0.25, 0.3) is 0 Å². The van der Waals surface area contributed by atoms with Gasteiger partial charge in [-0.3, -0.25) is 9.69 Å². The monoisotopic (exact) mass is 269 g/mol. The topological polar surface area (TPSA) is 58.4 Å². The van der Waals surface area contributed by atoms with Crippen molar-refractivity contribution in [1.29, 1.82) is 0 Å². The van der Waals surface area contributed by atoms with Crippen molar-refractivity contribution >= 4 is 5.91 Å². The Morgan fingerprint density at radius 1 is 1.37 bits per heavy atom. The number of nitrogens with zero attached hydrogens (tertiary/aromatic N) is 1. The number of rotatable bonds is 6. The summed E-state index contributed by atoms with van der Waals surface area (Å²) in [7, 11) is 0. The van der Waals surface area contributed by atoms with Crippen molar-refractivity contribution in [2.75, 3.05) is 19.6 Å². The average molecular weight is 269 g/mol. The minimum atomic E-state index is 0.137. The largest absolute Gasteiger partial charge is 0.353 e. The second kappa shape index (κ2) is 7.85. The van der Waals surface area contributed by atoms with Crippen molar-refractivity contribution in [3.05, 3.63) is 0 Å². The minimum Gasteiger partial charge on any atom is -0.353 e. The summed E-state index contributed by atoms with van der Waals surface area (Å²) in [5, 5.41) is 3.09. The summed E-state index contributed by atoms with van der Waals surface area (Å²) in [6.45, 7) is 11.0. The van der Waals surface area contributed by atoms with Gasteiger partial charge in [0.05, 0.1) is 6.54 Å². The van der Waals surface area contributed by atoms with E-state index in [2.05, 4.69) is 37.9 Å². The van der Waals surface area contributed by atoms with Crippen LogP contribution in [0.2, 0.25) is 0 Å². The molecule has 0 aromatic heterocycles. The first-order valence-corrected chi connectivity index (χ1v) is 7.65. The molecule has 19 heavy (non-hydrogen) atoms. The van der Waals surface area contributed by atoms with Gasteiger partial charge in [-0.15, -0.1) is 0 Å². The summed E-state index contributed by atoms with van der Waals surface area (Å²) < 4.78 is 0. The van der Waals surface area contributed by atoms with Crippen molar-refractivity contribution in [3.8, 4) is 0 Å². The highest BCUT2D eigenvalue weighted by molar-refractivity contribution is 5.78. The Kier molecular flexibility index (Phi) is 6.80. The third-order valence-electron chi connectivity index (χ3n) is 4.05. The van der Waals surface area contributed by atoms with Crippen LogP contribution in [0.5, 0.6) is 0 Å². The summed E-state index contributed by atoms with van der Waals surface area (Å²) in [4.78, 5) is 14.1. The molecule has 1 saturated heterocycles. The molecule has 4 nitrogen and oxygen atoms in total. The molecule has 1 heterocycles. The smallest absolute Gasteiger partial charge is 0.234 e. The van der Waals surface area contributed by atoms with Gasteiger partial charge in [-0.25, -0.2) is 0 Å². The van der Waals surface area contributed by atoms with Gasteiger partial charge in [0, 0.05) is 18.6 Å². The van der Waals surface area contributed by atoms with E-state index < -0.39 is 0 Å². The van der Waals surface area contributed by atoms with Gasteiger partial charge in [-0.2, -0.15) is 0 Å². The zero-order valence-electron chi connectivity index (χ0n) is 13.0. The summed E-state index contributed by atoms with van der Waals surface area (Å²) in [5.74, 6) is 1.41. The number of amides is 1. The van der Waals surface area contributed by atoms with Crippen molar-refractivity contribution in [1.82, 2.24) is 10.2 Å². The quantitative estimate of drug-likeness (QED) is 0.770. The van der Waals surface area contributed by atoms with Crippen LogP contribution in [-0.2, 0) is 4.79 Å². The molecule has 3 atom stereocenters. The highest BCUT2D eigenvalue weighted by Crippen LogP contribution is 2.15. The number of hydrogen-bond acceptors (Lipinski definition) is 3. The molecule has 0 aliphatic carbocycles. The van der Waals surface area contributed by atoms with Gasteiger partial charge < -0.3 is 11.1 Å². The van der Waals surface area contributed by atoms with Gasteiger partial charge in [-0.05, 0) is 44.6 Å². The van der Waals surface area contributed by atoms with Crippen molar-refractivity contribution in [2.24, 2.45) is 17.6 Å². The molecule has 112 valence electrons. The van der Waals surface area contributed by atoms with E-state index in [0.29, 0.717) is 18.4 Å². The Bertz CT molecular complexity index is 281. The minimum absolute atomic E-state index is 0.137. The van der Waals surface area contributed by atoms with E-state index in [1.54, 1.807) is 0 Å². The number of hydrogen-bond donors (Lipinski definition) is 2. The van der Waals surface area contributed by atoms with Gasteiger partial charge in [0.15, 0.2) is 0 Å². The highest BCUT2D eigenvalue weighted by Gasteiger charge is 2.24. The Morgan fingerprint density at radius 2 is 2.05 bits per heavy atom. The number of nitrogens with one attached hydrogen (secondary N) is 1. The third kappa shape index (κ3) is 6.39. The maximum Gasteiger partial charge on any atom is 0.234 e. The first kappa shape index (κ1) is 16.4. The first-order valence-electron chi connectivity index (χ1n) is 7.65. The van der Waals surface area contributed by atoms with Gasteiger partial charge >= 0.3 is 0 Å². The zero-order valence-corrected chi connectivity index (χ0v) is 13.0. The van der Waals surface area contributed by atoms with Gasteiger partial charge in [-0.1, -0.05) is 20.8 Å². The summed E-state index contributed by atoms with van der Waals surface area (Å²) in [6.07, 6.45) is 3.31. The molecule has 4 heteroatoms. The first-order chi connectivity index (χ1) is 8.88. The lowest BCUT2D eigenvalue weighted by molar-refractivity contribution is -0.123. The lowest BCUT2D eigenvalue weighted by atomic mass is 9.94. The fraction of sp³-hybridized carbons (Fsp3) is 0.933. The molecule has 0 saturated carbocycles. The van der Waals surface area contributed by atoms with Crippen LogP contribution < -0.4 is 11.1 Å². The van der Waals surface area contributed by atoms with Crippen LogP contribution in [0.4, 0.5) is 0 Å². The van der Waals surface area contributed by atoms with E-state index in [0.717, 1.165) is 32.4 Å². The van der Waals surface area contributed by atoms with Crippen molar-refractivity contribution in [2.45, 2.75) is 59.0 Å². The second-order valence-corrected chi connectivity index (χ2v) is 6.60. The lowest BCUT2D eigenvalue weighted by Crippen LogP contribution is -2.51. The van der Waals surface area contributed by atoms with E-state index in [9.17, 15) is 4.79 Å². The van der Waals surface area contributed by atoms with Crippen LogP contribution in [-0.4, -0.2) is 42.5 Å². The Hall–Kier alpha value is -0.610. The molecular weight excluding hydrogens is 238 g/mol. The van der Waals surface area contributed by atoms with E-state index in [1.165, 1.54) is 0 Å². The maximum atomic E-state index is 12.0. The van der Waals surface area contributed by atoms with Crippen molar-refractivity contribution < 1.29 is 4.79 Å². The molecule has 1 aliphatic heterocycles. The normalized spacial score (nSPS) is 26.4. The predicted octanol–water partition coefficient (Wildman–Crippen LogP) is 1.60.